The second-order valence-electron chi connectivity index (χ2n) is 27.9. The summed E-state index contributed by atoms with van der Waals surface area (Å²) in [5.41, 5.74) is 4.52. The number of fused-ring (bicyclic) bond motifs is 1. The summed E-state index contributed by atoms with van der Waals surface area (Å²) >= 11 is 0. The third-order valence-electron chi connectivity index (χ3n) is 19.2. The Balaban J connectivity index is 0.605. The summed E-state index contributed by atoms with van der Waals surface area (Å²) in [6.07, 6.45) is -3.06. The zero-order chi connectivity index (χ0) is 82.4. The Morgan fingerprint density at radius 3 is 1.58 bits per heavy atom. The summed E-state index contributed by atoms with van der Waals surface area (Å²) in [5, 5.41) is 27.7. The number of phosphoric ester groups is 5. The first kappa shape index (κ1) is 94.6. The summed E-state index contributed by atoms with van der Waals surface area (Å²) in [6, 6.07) is 7.53. The molecule has 7 aliphatic rings. The number of aryl methyl sites for hydroxylation is 1. The van der Waals surface area contributed by atoms with Gasteiger partial charge in [-0.25, -0.2) is 27.6 Å². The standard InChI is InChI=1S/C69H111N6O35P5/c1-5-6-7-8-11-23-70-65(77)22-25-90-31-32-91-33-34-92-35-36-93-37-38-94-51-16-14-50(15-17-51)67-53-13-10-9-12-52(39-54(53)48(3)73-74-67)105-69(79)71-24-30-99-111(80,81)100-43-61-56(18-26-95-61)108-113(84,85)102-45-63-58(20-28-97-63)110-115(88,89)104-46-64-59(21-29-98-64)109-114(86,87)103-44-62-57(19-27-96-62)107-112(82,83)101-42-60-55(76)40-66(106-60)75-41-47(2)68(78)72-49(75)4/h14-17,41,52,55-64,66,76H,4-13,18-40,42-46H2,1-3H3,(H,70,77)(H,71,79)(H,72,78)(H,80,81)(H,82,83)(H,84,85)(H,86,87)(H,88,89)/t52?,55?,56?,57?,58?,59?,60-,61-,62-,63-,64-,66-/m1/s1. The van der Waals surface area contributed by atoms with E-state index in [-0.39, 0.29) is 82.7 Å². The van der Waals surface area contributed by atoms with E-state index in [0.717, 1.165) is 48.8 Å². The van der Waals surface area contributed by atoms with Crippen molar-refractivity contribution in [3.05, 3.63) is 65.3 Å². The second-order valence-corrected chi connectivity index (χ2v) is 35.0. The van der Waals surface area contributed by atoms with Crippen LogP contribution in [0.1, 0.15) is 121 Å². The number of aliphatic hydroxyl groups excluding tert-OH is 1. The highest BCUT2D eigenvalue weighted by atomic mass is 31.2. The maximum atomic E-state index is 13.3. The lowest BCUT2D eigenvalue weighted by Crippen LogP contribution is -2.42. The predicted octanol–water partition coefficient (Wildman–Crippen LogP) is 6.32. The third-order valence-corrected chi connectivity index (χ3v) is 24.2. The summed E-state index contributed by atoms with van der Waals surface area (Å²) in [5.74, 6) is 0.494. The summed E-state index contributed by atoms with van der Waals surface area (Å²) in [4.78, 5) is 91.8. The fraction of sp³-hybridized carbons (Fsp3) is 0.754. The van der Waals surface area contributed by atoms with Crippen LogP contribution in [0, 0.1) is 6.92 Å². The fourth-order valence-corrected chi connectivity index (χ4v) is 17.8. The molecule has 17 atom stereocenters. The number of phosphoric acid groups is 5. The number of ether oxygens (including phenoxy) is 11. The highest BCUT2D eigenvalue weighted by molar-refractivity contribution is 7.48. The molecule has 41 nitrogen and oxygen atoms in total. The van der Waals surface area contributed by atoms with Gasteiger partial charge in [0.1, 0.15) is 85.4 Å². The van der Waals surface area contributed by atoms with E-state index in [1.807, 2.05) is 31.2 Å². The molecule has 1 aromatic carbocycles. The number of benzene rings is 1. The van der Waals surface area contributed by atoms with Crippen LogP contribution in [0.15, 0.2) is 48.4 Å². The minimum Gasteiger partial charge on any atom is -0.491 e. The lowest BCUT2D eigenvalue weighted by atomic mass is 9.88. The van der Waals surface area contributed by atoms with Crippen molar-refractivity contribution in [2.24, 2.45) is 0 Å². The van der Waals surface area contributed by atoms with Crippen LogP contribution in [-0.2, 0) is 138 Å². The molecule has 0 saturated carbocycles. The van der Waals surface area contributed by atoms with Gasteiger partial charge in [0.15, 0.2) is 0 Å². The Labute approximate surface area is 667 Å². The van der Waals surface area contributed by atoms with Gasteiger partial charge in [-0.15, -0.1) is 5.10 Å². The molecule has 0 bridgehead atoms. The molecule has 1 aromatic heterocycles. The highest BCUT2D eigenvalue weighted by Gasteiger charge is 2.46. The van der Waals surface area contributed by atoms with Crippen molar-refractivity contribution in [3.63, 3.8) is 0 Å². The van der Waals surface area contributed by atoms with Crippen LogP contribution in [0.2, 0.25) is 0 Å². The lowest BCUT2D eigenvalue weighted by Gasteiger charge is -2.32. The molecule has 0 spiro atoms. The molecule has 2 aromatic rings. The van der Waals surface area contributed by atoms with E-state index in [0.29, 0.717) is 108 Å². The van der Waals surface area contributed by atoms with Gasteiger partial charge >= 0.3 is 45.2 Å². The molecule has 0 radical (unpaired) electrons. The van der Waals surface area contributed by atoms with Gasteiger partial charge < -0.3 is 103 Å². The highest BCUT2D eigenvalue weighted by Crippen LogP contribution is 2.53. The molecule has 7 heterocycles. The minimum absolute atomic E-state index is 0.00154. The molecular formula is C69H111N6O35P5. The van der Waals surface area contributed by atoms with Crippen molar-refractivity contribution < 1.29 is 164 Å². The molecule has 9 N–H and O–H groups in total. The van der Waals surface area contributed by atoms with Gasteiger partial charge in [-0.2, -0.15) is 5.10 Å². The van der Waals surface area contributed by atoms with Crippen molar-refractivity contribution in [1.29, 1.82) is 0 Å². The number of rotatable bonds is 52. The third kappa shape index (κ3) is 32.6. The van der Waals surface area contributed by atoms with Crippen molar-refractivity contribution in [3.8, 4) is 17.0 Å². The van der Waals surface area contributed by atoms with E-state index in [1.54, 1.807) is 6.92 Å². The van der Waals surface area contributed by atoms with Crippen LogP contribution in [0.4, 0.5) is 4.79 Å². The molecule has 9 rings (SSSR count). The number of hydrogen-bond donors (Lipinski definition) is 9. The number of aromatic nitrogens is 2. The number of amides is 3. The van der Waals surface area contributed by atoms with Gasteiger partial charge in [-0.05, 0) is 81.3 Å². The van der Waals surface area contributed by atoms with Gasteiger partial charge in [0.05, 0.1) is 110 Å². The number of aliphatic hydroxyl groups is 1. The fourth-order valence-electron chi connectivity index (χ4n) is 13.1. The lowest BCUT2D eigenvalue weighted by molar-refractivity contribution is -0.122. The number of unbranched alkanes of at least 4 members (excludes halogenated alkanes) is 4. The average molecular weight is 1740 g/mol. The van der Waals surface area contributed by atoms with E-state index >= 15 is 0 Å². The molecular weight excluding hydrogens is 1630 g/mol. The van der Waals surface area contributed by atoms with E-state index in [9.17, 15) is 66.8 Å². The van der Waals surface area contributed by atoms with Crippen LogP contribution in [0.5, 0.6) is 5.75 Å². The number of hydrogen-bond acceptors (Lipinski definition) is 33. The van der Waals surface area contributed by atoms with Gasteiger partial charge in [0, 0.05) is 102 Å². The topological polar surface area (TPSA) is 517 Å². The van der Waals surface area contributed by atoms with Crippen molar-refractivity contribution >= 4 is 57.0 Å². The molecule has 652 valence electrons. The predicted molar refractivity (Wildman–Crippen MR) is 401 cm³/mol. The molecule has 11 unspecified atom stereocenters. The Hall–Kier alpha value is -4.26. The van der Waals surface area contributed by atoms with Gasteiger partial charge in [0.2, 0.25) is 5.91 Å². The zero-order valence-corrected chi connectivity index (χ0v) is 69.3. The largest absolute Gasteiger partial charge is 0.491 e. The normalized spacial score (nSPS) is 27.1. The first-order valence-electron chi connectivity index (χ1n) is 38.6. The molecule has 115 heavy (non-hydrogen) atoms. The Morgan fingerprint density at radius 2 is 1.06 bits per heavy atom. The van der Waals surface area contributed by atoms with Crippen molar-refractivity contribution in [2.45, 2.75) is 197 Å². The SMILES string of the molecule is C=C1NC(=O)C(C)=CN1[C@H]1CC(O)[C@@H](COP(=O)(O)OC2CCO[C@@H]2COP(=O)(O)OC2CCO[C@@H]2COP(=O)(O)OC2CCO[C@@H]2COP(=O)(O)OC2CCO[C@@H]2COP(=O)(O)OCCNC(=O)OC2CCCCc3c(-c4ccc(OCCOCCOCCOCCOCCC(=O)NCCCCCCC)cc4)nnc(C)c3C2)O1. The van der Waals surface area contributed by atoms with E-state index in [1.165, 1.54) is 30.4 Å². The Kier molecular flexibility index (Phi) is 38.9. The van der Waals surface area contributed by atoms with E-state index in [2.05, 4.69) is 39.7 Å². The second kappa shape index (κ2) is 47.2. The van der Waals surface area contributed by atoms with Crippen LogP contribution < -0.4 is 20.7 Å². The Morgan fingerprint density at radius 1 is 0.574 bits per heavy atom. The van der Waals surface area contributed by atoms with Gasteiger partial charge in [-0.1, -0.05) is 39.2 Å². The van der Waals surface area contributed by atoms with Crippen LogP contribution in [0.3, 0.4) is 0 Å². The first-order chi connectivity index (χ1) is 55.0. The summed E-state index contributed by atoms with van der Waals surface area (Å²) in [7, 11) is -24.7. The minimum atomic E-state index is -5.01. The van der Waals surface area contributed by atoms with Crippen molar-refractivity contribution in [1.82, 2.24) is 31.0 Å². The average Bonchev–Trinajstić information content (AvgIpc) is 1.02. The number of alkyl carbamates (subject to hydrolysis) is 1. The van der Waals surface area contributed by atoms with Crippen LogP contribution in [-0.4, -0.2) is 275 Å². The number of carbonyl (C=O) groups is 3. The number of nitrogens with one attached hydrogen (secondary N) is 3. The van der Waals surface area contributed by atoms with E-state index in [4.69, 9.17) is 97.3 Å². The smallest absolute Gasteiger partial charge is 0.472 e. The Bertz CT molecular complexity index is 3690. The zero-order valence-electron chi connectivity index (χ0n) is 64.8. The first-order valence-corrected chi connectivity index (χ1v) is 46.1. The number of carbonyl (C=O) groups excluding carboxylic acids is 3. The molecule has 5 fully saturated rings. The molecule has 5 saturated heterocycles. The van der Waals surface area contributed by atoms with Gasteiger partial charge in [0.25, 0.3) is 5.91 Å². The molecule has 6 aliphatic heterocycles. The summed E-state index contributed by atoms with van der Waals surface area (Å²) in [6.45, 7) is 9.39. The van der Waals surface area contributed by atoms with Crippen molar-refractivity contribution in [2.75, 3.05) is 139 Å². The molecule has 3 amide bonds. The van der Waals surface area contributed by atoms with Gasteiger partial charge in [-0.3, -0.25) is 54.8 Å². The number of nitrogens with zero attached hydrogens (tertiary/aromatic N) is 3. The molecule has 1 aliphatic carbocycles. The van der Waals surface area contributed by atoms with E-state index < -0.39 is 158 Å². The summed E-state index contributed by atoms with van der Waals surface area (Å²) < 4.78 is 180. The maximum absolute atomic E-state index is 13.3. The maximum Gasteiger partial charge on any atom is 0.472 e. The van der Waals surface area contributed by atoms with Crippen LogP contribution >= 0.6 is 39.1 Å². The quantitative estimate of drug-likeness (QED) is 0.0258. The monoisotopic (exact) mass is 1740 g/mol. The molecule has 46 heteroatoms. The van der Waals surface area contributed by atoms with Crippen LogP contribution in [0.25, 0.3) is 11.3 Å².